The maximum atomic E-state index is 12.9. The Bertz CT molecular complexity index is 1110. The third-order valence-electron chi connectivity index (χ3n) is 3.97. The number of hydrogen-bond donors (Lipinski definition) is 2. The minimum atomic E-state index is -0.338. The highest BCUT2D eigenvalue weighted by Gasteiger charge is 2.13. The Labute approximate surface area is 153 Å². The summed E-state index contributed by atoms with van der Waals surface area (Å²) in [6.07, 6.45) is 1.51. The summed E-state index contributed by atoms with van der Waals surface area (Å²) in [6, 6.07) is 11.8. The Balaban J connectivity index is 1.54. The lowest BCUT2D eigenvalue weighted by Gasteiger charge is -2.05. The zero-order chi connectivity index (χ0) is 18.1. The molecule has 0 radical (unpaired) electrons. The van der Waals surface area contributed by atoms with Crippen LogP contribution in [0.1, 0.15) is 5.56 Å². The fourth-order valence-electron chi connectivity index (χ4n) is 2.76. The maximum absolute atomic E-state index is 12.9. The normalized spacial score (nSPS) is 11.2. The molecule has 0 aliphatic rings. The minimum absolute atomic E-state index is 0.180. The number of fused-ring (bicyclic) bond motifs is 3. The van der Waals surface area contributed by atoms with Gasteiger partial charge in [0.05, 0.1) is 11.3 Å². The van der Waals surface area contributed by atoms with Gasteiger partial charge in [-0.05, 0) is 43.3 Å². The highest BCUT2D eigenvalue weighted by atomic mass is 32.2. The van der Waals surface area contributed by atoms with Gasteiger partial charge < -0.3 is 10.3 Å². The fourth-order valence-corrected chi connectivity index (χ4v) is 3.51. The van der Waals surface area contributed by atoms with E-state index >= 15 is 0 Å². The quantitative estimate of drug-likeness (QED) is 0.417. The van der Waals surface area contributed by atoms with Crippen molar-refractivity contribution in [2.24, 2.45) is 0 Å². The zero-order valence-corrected chi connectivity index (χ0v) is 14.7. The molecule has 0 atom stereocenters. The number of rotatable bonds is 4. The topological polar surface area (TPSA) is 70.7 Å². The monoisotopic (exact) mass is 366 g/mol. The van der Waals surface area contributed by atoms with Crippen LogP contribution in [0, 0.1) is 12.7 Å². The van der Waals surface area contributed by atoms with Crippen LogP contribution in [0.3, 0.4) is 0 Å². The van der Waals surface area contributed by atoms with E-state index in [4.69, 9.17) is 0 Å². The Morgan fingerprint density at radius 1 is 1.19 bits per heavy atom. The summed E-state index contributed by atoms with van der Waals surface area (Å²) in [6.45, 7) is 2.04. The first kappa shape index (κ1) is 16.5. The molecule has 5 nitrogen and oxygen atoms in total. The number of thioether (sulfide) groups is 1. The predicted octanol–water partition coefficient (Wildman–Crippen LogP) is 4.29. The Morgan fingerprint density at radius 2 is 2.00 bits per heavy atom. The first-order chi connectivity index (χ1) is 12.6. The number of H-pyrrole nitrogens is 1. The van der Waals surface area contributed by atoms with E-state index in [-0.39, 0.29) is 17.5 Å². The highest BCUT2D eigenvalue weighted by Crippen LogP contribution is 2.30. The molecule has 7 heteroatoms. The number of halogens is 1. The standard InChI is InChI=1S/C19H15FN4OS/c1-11-2-7-15-14(8-11)17-18(24-15)19(22-10-21-17)26-9-16(25)23-13-5-3-12(20)4-6-13/h2-8,10,24H,9H2,1H3,(H,23,25). The van der Waals surface area contributed by atoms with Crippen molar-refractivity contribution in [3.05, 3.63) is 60.2 Å². The van der Waals surface area contributed by atoms with E-state index in [9.17, 15) is 9.18 Å². The molecule has 0 saturated heterocycles. The van der Waals surface area contributed by atoms with Gasteiger partial charge >= 0.3 is 0 Å². The average Bonchev–Trinajstić information content (AvgIpc) is 3.00. The lowest BCUT2D eigenvalue weighted by molar-refractivity contribution is -0.113. The van der Waals surface area contributed by atoms with Crippen molar-refractivity contribution in [2.45, 2.75) is 11.9 Å². The van der Waals surface area contributed by atoms with E-state index in [0.29, 0.717) is 5.69 Å². The van der Waals surface area contributed by atoms with Gasteiger partial charge in [0.25, 0.3) is 0 Å². The van der Waals surface area contributed by atoms with Crippen LogP contribution in [0.5, 0.6) is 0 Å². The molecule has 26 heavy (non-hydrogen) atoms. The Hall–Kier alpha value is -2.93. The summed E-state index contributed by atoms with van der Waals surface area (Å²) >= 11 is 1.33. The van der Waals surface area contributed by atoms with E-state index in [1.54, 1.807) is 0 Å². The van der Waals surface area contributed by atoms with Gasteiger partial charge in [-0.2, -0.15) is 0 Å². The van der Waals surface area contributed by atoms with Crippen molar-refractivity contribution >= 4 is 45.3 Å². The number of nitrogens with zero attached hydrogens (tertiary/aromatic N) is 2. The van der Waals surface area contributed by atoms with Crippen LogP contribution in [0.4, 0.5) is 10.1 Å². The average molecular weight is 366 g/mol. The molecule has 0 fully saturated rings. The molecule has 130 valence electrons. The van der Waals surface area contributed by atoms with E-state index in [0.717, 1.165) is 32.5 Å². The molecule has 0 unspecified atom stereocenters. The molecule has 0 aliphatic heterocycles. The predicted molar refractivity (Wildman–Crippen MR) is 102 cm³/mol. The second kappa shape index (κ2) is 6.76. The number of nitrogens with one attached hydrogen (secondary N) is 2. The molecule has 0 spiro atoms. The van der Waals surface area contributed by atoms with Crippen LogP contribution in [0.2, 0.25) is 0 Å². The summed E-state index contributed by atoms with van der Waals surface area (Å²) in [7, 11) is 0. The van der Waals surface area contributed by atoms with Crippen LogP contribution in [-0.4, -0.2) is 26.6 Å². The van der Waals surface area contributed by atoms with Gasteiger partial charge in [0.15, 0.2) is 0 Å². The van der Waals surface area contributed by atoms with Crippen molar-refractivity contribution in [2.75, 3.05) is 11.1 Å². The first-order valence-electron chi connectivity index (χ1n) is 8.01. The van der Waals surface area contributed by atoms with Gasteiger partial charge in [-0.25, -0.2) is 14.4 Å². The highest BCUT2D eigenvalue weighted by molar-refractivity contribution is 8.00. The van der Waals surface area contributed by atoms with Gasteiger partial charge in [0.2, 0.25) is 5.91 Å². The molecule has 2 aromatic carbocycles. The van der Waals surface area contributed by atoms with E-state index in [2.05, 4.69) is 26.3 Å². The number of carbonyl (C=O) groups excluding carboxylic acids is 1. The number of benzene rings is 2. The van der Waals surface area contributed by atoms with Gasteiger partial charge in [-0.3, -0.25) is 4.79 Å². The molecule has 4 rings (SSSR count). The van der Waals surface area contributed by atoms with Gasteiger partial charge in [0.1, 0.15) is 22.7 Å². The lowest BCUT2D eigenvalue weighted by atomic mass is 10.2. The number of aromatic nitrogens is 3. The van der Waals surface area contributed by atoms with Crippen LogP contribution in [-0.2, 0) is 4.79 Å². The van der Waals surface area contributed by atoms with Crippen LogP contribution in [0.25, 0.3) is 21.9 Å². The molecular formula is C19H15FN4OS. The van der Waals surface area contributed by atoms with Gasteiger partial charge in [-0.15, -0.1) is 0 Å². The third-order valence-corrected chi connectivity index (χ3v) is 4.96. The third kappa shape index (κ3) is 3.25. The first-order valence-corrected chi connectivity index (χ1v) is 9.00. The van der Waals surface area contributed by atoms with Crippen LogP contribution < -0.4 is 5.32 Å². The minimum Gasteiger partial charge on any atom is -0.351 e. The summed E-state index contributed by atoms with van der Waals surface area (Å²) in [5, 5.41) is 4.50. The number of anilines is 1. The molecule has 0 saturated carbocycles. The lowest BCUT2D eigenvalue weighted by Crippen LogP contribution is -2.14. The van der Waals surface area contributed by atoms with Crippen LogP contribution >= 0.6 is 11.8 Å². The largest absolute Gasteiger partial charge is 0.351 e. The number of aromatic amines is 1. The molecule has 4 aromatic rings. The maximum Gasteiger partial charge on any atom is 0.234 e. The SMILES string of the molecule is Cc1ccc2[nH]c3c(SCC(=O)Nc4ccc(F)cc4)ncnc3c2c1. The van der Waals surface area contributed by atoms with E-state index in [1.807, 2.05) is 19.1 Å². The zero-order valence-electron chi connectivity index (χ0n) is 13.9. The van der Waals surface area contributed by atoms with E-state index < -0.39 is 0 Å². The molecule has 1 amide bonds. The van der Waals surface area contributed by atoms with Crippen molar-refractivity contribution < 1.29 is 9.18 Å². The number of hydrogen-bond acceptors (Lipinski definition) is 4. The second-order valence-electron chi connectivity index (χ2n) is 5.92. The number of amides is 1. The van der Waals surface area contributed by atoms with Crippen molar-refractivity contribution in [3.63, 3.8) is 0 Å². The van der Waals surface area contributed by atoms with E-state index in [1.165, 1.54) is 42.4 Å². The van der Waals surface area contributed by atoms with Crippen LogP contribution in [0.15, 0.2) is 53.8 Å². The van der Waals surface area contributed by atoms with Crippen molar-refractivity contribution in [1.82, 2.24) is 15.0 Å². The molecule has 2 N–H and O–H groups in total. The molecule has 0 bridgehead atoms. The smallest absolute Gasteiger partial charge is 0.234 e. The van der Waals surface area contributed by atoms with Crippen molar-refractivity contribution in [3.8, 4) is 0 Å². The van der Waals surface area contributed by atoms with Gasteiger partial charge in [0, 0.05) is 16.6 Å². The molecule has 0 aliphatic carbocycles. The number of aryl methyl sites for hydroxylation is 1. The van der Waals surface area contributed by atoms with Gasteiger partial charge in [-0.1, -0.05) is 23.4 Å². The molecule has 2 aromatic heterocycles. The Morgan fingerprint density at radius 3 is 2.81 bits per heavy atom. The summed E-state index contributed by atoms with van der Waals surface area (Å²) in [4.78, 5) is 24.2. The fraction of sp³-hybridized carbons (Fsp3) is 0.105. The summed E-state index contributed by atoms with van der Waals surface area (Å²) in [5.74, 6) is -0.326. The molecule has 2 heterocycles. The summed E-state index contributed by atoms with van der Waals surface area (Å²) < 4.78 is 12.9. The molecular weight excluding hydrogens is 351 g/mol. The van der Waals surface area contributed by atoms with Crippen molar-refractivity contribution in [1.29, 1.82) is 0 Å². The second-order valence-corrected chi connectivity index (χ2v) is 6.88. The number of carbonyl (C=O) groups is 1. The summed E-state index contributed by atoms with van der Waals surface area (Å²) in [5.41, 5.74) is 4.38. The Kier molecular flexibility index (Phi) is 4.30.